The van der Waals surface area contributed by atoms with Crippen molar-refractivity contribution in [3.8, 4) is 0 Å². The number of nitrogens with zero attached hydrogens (tertiary/aromatic N) is 1. The summed E-state index contributed by atoms with van der Waals surface area (Å²) in [5, 5.41) is 0. The summed E-state index contributed by atoms with van der Waals surface area (Å²) in [5.74, 6) is 0.112. The zero-order chi connectivity index (χ0) is 9.84. The first-order valence-electron chi connectivity index (χ1n) is 4.35. The first-order chi connectivity index (χ1) is 6.19. The van der Waals surface area contributed by atoms with Gasteiger partial charge in [0.25, 0.3) is 0 Å². The zero-order valence-corrected chi connectivity index (χ0v) is 7.86. The maximum absolute atomic E-state index is 11.2. The summed E-state index contributed by atoms with van der Waals surface area (Å²) >= 11 is 0. The number of carbonyl (C=O) groups excluding carboxylic acids is 2. The van der Waals surface area contributed by atoms with Crippen molar-refractivity contribution in [3.63, 3.8) is 0 Å². The Balaban J connectivity index is 2.82. The van der Waals surface area contributed by atoms with Gasteiger partial charge in [-0.05, 0) is 0 Å². The molecule has 0 aromatic carbocycles. The van der Waals surface area contributed by atoms with Crippen LogP contribution in [0.3, 0.4) is 0 Å². The highest BCUT2D eigenvalue weighted by molar-refractivity contribution is 5.82. The summed E-state index contributed by atoms with van der Waals surface area (Å²) in [4.78, 5) is 23.3. The number of hydrogen-bond donors (Lipinski definition) is 0. The van der Waals surface area contributed by atoms with E-state index in [0.717, 1.165) is 6.29 Å². The van der Waals surface area contributed by atoms with Crippen LogP contribution in [0.25, 0.3) is 0 Å². The van der Waals surface area contributed by atoms with Gasteiger partial charge in [0.05, 0.1) is 0 Å². The Morgan fingerprint density at radius 1 is 1.69 bits per heavy atom. The predicted molar refractivity (Wildman–Crippen MR) is 49.6 cm³/mol. The van der Waals surface area contributed by atoms with E-state index in [4.69, 9.17) is 0 Å². The molecule has 0 saturated carbocycles. The molecule has 0 radical (unpaired) electrons. The van der Waals surface area contributed by atoms with E-state index in [2.05, 4.69) is 0 Å². The Morgan fingerprint density at radius 3 is 2.92 bits per heavy atom. The van der Waals surface area contributed by atoms with Gasteiger partial charge in [-0.15, -0.1) is 0 Å². The Kier molecular flexibility index (Phi) is 3.01. The van der Waals surface area contributed by atoms with Crippen LogP contribution < -0.4 is 0 Å². The molecule has 3 nitrogen and oxygen atoms in total. The summed E-state index contributed by atoms with van der Waals surface area (Å²) in [6, 6.07) is 0. The van der Waals surface area contributed by atoms with Gasteiger partial charge < -0.3 is 0 Å². The summed E-state index contributed by atoms with van der Waals surface area (Å²) in [5.41, 5.74) is 0.643. The third-order valence-electron chi connectivity index (χ3n) is 2.08. The number of allylic oxidation sites excluding steroid dienone is 2. The van der Waals surface area contributed by atoms with E-state index >= 15 is 0 Å². The van der Waals surface area contributed by atoms with E-state index in [-0.39, 0.29) is 11.8 Å². The second-order valence-electron chi connectivity index (χ2n) is 3.03. The van der Waals surface area contributed by atoms with Crippen LogP contribution in [0.2, 0.25) is 0 Å². The van der Waals surface area contributed by atoms with Crippen molar-refractivity contribution in [2.24, 2.45) is 5.92 Å². The fourth-order valence-electron chi connectivity index (χ4n) is 1.13. The van der Waals surface area contributed by atoms with Gasteiger partial charge in [-0.1, -0.05) is 19.9 Å². The van der Waals surface area contributed by atoms with Crippen LogP contribution in [0.1, 0.15) is 20.3 Å². The second-order valence-corrected chi connectivity index (χ2v) is 3.03. The van der Waals surface area contributed by atoms with Crippen molar-refractivity contribution in [2.45, 2.75) is 20.3 Å². The van der Waals surface area contributed by atoms with Gasteiger partial charge in [0.15, 0.2) is 0 Å². The van der Waals surface area contributed by atoms with Gasteiger partial charge in [0, 0.05) is 30.3 Å². The van der Waals surface area contributed by atoms with Crippen LogP contribution in [-0.4, -0.2) is 17.1 Å². The molecule has 1 rings (SSSR count). The minimum absolute atomic E-state index is 0.00231. The monoisotopic (exact) mass is 179 g/mol. The van der Waals surface area contributed by atoms with Crippen LogP contribution >= 0.6 is 0 Å². The highest BCUT2D eigenvalue weighted by Gasteiger charge is 2.14. The van der Waals surface area contributed by atoms with Crippen LogP contribution in [0.4, 0.5) is 0 Å². The second kappa shape index (κ2) is 4.03. The van der Waals surface area contributed by atoms with Gasteiger partial charge in [-0.2, -0.15) is 0 Å². The molecule has 0 aliphatic carbocycles. The van der Waals surface area contributed by atoms with E-state index in [1.165, 1.54) is 4.90 Å². The van der Waals surface area contributed by atoms with Crippen molar-refractivity contribution >= 4 is 12.2 Å². The molecule has 3 heteroatoms. The Morgan fingerprint density at radius 2 is 2.38 bits per heavy atom. The molecule has 1 aliphatic rings. The fourth-order valence-corrected chi connectivity index (χ4v) is 1.13. The first kappa shape index (κ1) is 9.71. The third-order valence-corrected chi connectivity index (χ3v) is 2.08. The summed E-state index contributed by atoms with van der Waals surface area (Å²) in [6.45, 7) is 3.72. The average molecular weight is 179 g/mol. The van der Waals surface area contributed by atoms with E-state index in [9.17, 15) is 9.59 Å². The Labute approximate surface area is 77.7 Å². The lowest BCUT2D eigenvalue weighted by molar-refractivity contribution is -0.126. The standard InChI is InChI=1S/C10H13NO2/c1-3-10(13)11-5-4-8(2)9(6-11)7-12/h4-8H,3H2,1-2H3/t8-/m1/s1. The molecule has 0 unspecified atom stereocenters. The molecule has 1 aliphatic heterocycles. The van der Waals surface area contributed by atoms with Gasteiger partial charge in [0.2, 0.25) is 5.91 Å². The molecule has 0 bridgehead atoms. The quantitative estimate of drug-likeness (QED) is 0.602. The zero-order valence-electron chi connectivity index (χ0n) is 7.86. The maximum atomic E-state index is 11.2. The third kappa shape index (κ3) is 2.05. The molecule has 1 heterocycles. The lowest BCUT2D eigenvalue weighted by Gasteiger charge is -2.20. The number of rotatable bonds is 2. The van der Waals surface area contributed by atoms with Crippen molar-refractivity contribution in [1.29, 1.82) is 0 Å². The van der Waals surface area contributed by atoms with Gasteiger partial charge in [-0.3, -0.25) is 14.5 Å². The number of hydrogen-bond acceptors (Lipinski definition) is 2. The van der Waals surface area contributed by atoms with Crippen molar-refractivity contribution in [1.82, 2.24) is 4.90 Å². The van der Waals surface area contributed by atoms with Crippen LogP contribution in [0.5, 0.6) is 0 Å². The van der Waals surface area contributed by atoms with Crippen molar-refractivity contribution in [3.05, 3.63) is 24.0 Å². The molecular weight excluding hydrogens is 166 g/mol. The number of carbonyl (C=O) groups is 2. The molecule has 0 aromatic heterocycles. The normalized spacial score (nSPS) is 21.2. The van der Waals surface area contributed by atoms with Crippen LogP contribution in [-0.2, 0) is 9.59 Å². The van der Waals surface area contributed by atoms with E-state index in [1.54, 1.807) is 19.3 Å². The molecule has 0 saturated heterocycles. The van der Waals surface area contributed by atoms with Gasteiger partial charge in [0.1, 0.15) is 6.29 Å². The minimum atomic E-state index is 0.00231. The van der Waals surface area contributed by atoms with Gasteiger partial charge >= 0.3 is 0 Å². The van der Waals surface area contributed by atoms with E-state index < -0.39 is 0 Å². The lowest BCUT2D eigenvalue weighted by atomic mass is 10.0. The maximum Gasteiger partial charge on any atom is 0.230 e. The Hall–Kier alpha value is -1.38. The predicted octanol–water partition coefficient (Wildman–Crippen LogP) is 1.47. The minimum Gasteiger partial charge on any atom is -0.298 e. The molecule has 0 fully saturated rings. The molecule has 0 spiro atoms. The molecule has 0 N–H and O–H groups in total. The number of amides is 1. The summed E-state index contributed by atoms with van der Waals surface area (Å²) in [7, 11) is 0. The van der Waals surface area contributed by atoms with E-state index in [0.29, 0.717) is 12.0 Å². The SMILES string of the molecule is CCC(=O)N1C=C[C@@H](C)C(C=O)=C1. The van der Waals surface area contributed by atoms with Crippen LogP contribution in [0.15, 0.2) is 24.0 Å². The molecule has 13 heavy (non-hydrogen) atoms. The first-order valence-corrected chi connectivity index (χ1v) is 4.35. The molecule has 70 valence electrons. The molecule has 0 aromatic rings. The average Bonchev–Trinajstić information content (AvgIpc) is 2.17. The highest BCUT2D eigenvalue weighted by Crippen LogP contribution is 2.17. The van der Waals surface area contributed by atoms with Gasteiger partial charge in [-0.25, -0.2) is 0 Å². The van der Waals surface area contributed by atoms with Crippen molar-refractivity contribution < 1.29 is 9.59 Å². The summed E-state index contributed by atoms with van der Waals surface area (Å²) in [6.07, 6.45) is 6.40. The summed E-state index contributed by atoms with van der Waals surface area (Å²) < 4.78 is 0. The number of aldehydes is 1. The molecule has 1 atom stereocenters. The smallest absolute Gasteiger partial charge is 0.230 e. The fraction of sp³-hybridized carbons (Fsp3) is 0.400. The highest BCUT2D eigenvalue weighted by atomic mass is 16.2. The van der Waals surface area contributed by atoms with Crippen LogP contribution in [0, 0.1) is 5.92 Å². The molecule has 1 amide bonds. The lowest BCUT2D eigenvalue weighted by Crippen LogP contribution is -2.23. The van der Waals surface area contributed by atoms with Crippen molar-refractivity contribution in [2.75, 3.05) is 0 Å². The molecular formula is C10H13NO2. The largest absolute Gasteiger partial charge is 0.298 e. The Bertz CT molecular complexity index is 279. The van der Waals surface area contributed by atoms with E-state index in [1.807, 2.05) is 13.0 Å². The topological polar surface area (TPSA) is 37.4 Å².